The molecule has 0 saturated heterocycles. The third-order valence-electron chi connectivity index (χ3n) is 1.87. The molecule has 0 aliphatic carbocycles. The zero-order valence-electron chi connectivity index (χ0n) is 12.0. The molecule has 0 N–H and O–H groups in total. The van der Waals surface area contributed by atoms with Gasteiger partial charge in [-0.15, -0.1) is 13.2 Å². The van der Waals surface area contributed by atoms with Gasteiger partial charge in [0, 0.05) is 8.95 Å². The number of benzene rings is 1. The van der Waals surface area contributed by atoms with E-state index in [1.165, 1.54) is 20.3 Å². The van der Waals surface area contributed by atoms with E-state index in [0.717, 1.165) is 0 Å². The van der Waals surface area contributed by atoms with E-state index in [9.17, 15) is 9.59 Å². The summed E-state index contributed by atoms with van der Waals surface area (Å²) in [6.07, 6.45) is 0. The van der Waals surface area contributed by atoms with E-state index >= 15 is 0 Å². The summed E-state index contributed by atoms with van der Waals surface area (Å²) < 4.78 is 10.3. The van der Waals surface area contributed by atoms with Crippen LogP contribution < -0.4 is 0 Å². The van der Waals surface area contributed by atoms with E-state index in [1.807, 2.05) is 13.8 Å². The topological polar surface area (TPSA) is 52.6 Å². The van der Waals surface area contributed by atoms with Gasteiger partial charge in [-0.2, -0.15) is 0 Å². The number of carbonyl (C=O) groups excluding carboxylic acids is 2. The van der Waals surface area contributed by atoms with Gasteiger partial charge in [0.2, 0.25) is 0 Å². The third-order valence-corrected chi connectivity index (χ3v) is 3.18. The molecular weight excluding hydrogens is 404 g/mol. The first-order chi connectivity index (χ1) is 9.51. The molecule has 0 aliphatic heterocycles. The van der Waals surface area contributed by atoms with Crippen LogP contribution in [0.25, 0.3) is 0 Å². The van der Waals surface area contributed by atoms with Crippen LogP contribution in [0.1, 0.15) is 42.0 Å². The van der Waals surface area contributed by atoms with Crippen molar-refractivity contribution in [3.8, 4) is 0 Å². The lowest BCUT2D eigenvalue weighted by molar-refractivity contribution is 0.0598. The molecule has 1 rings (SSSR count). The zero-order chi connectivity index (χ0) is 16.3. The van der Waals surface area contributed by atoms with Crippen molar-refractivity contribution < 1.29 is 19.1 Å². The minimum atomic E-state index is -0.524. The van der Waals surface area contributed by atoms with Gasteiger partial charge in [-0.3, -0.25) is 0 Å². The first-order valence-corrected chi connectivity index (χ1v) is 7.25. The molecule has 0 heterocycles. The molecule has 0 unspecified atom stereocenters. The van der Waals surface area contributed by atoms with Crippen molar-refractivity contribution in [2.45, 2.75) is 21.3 Å². The summed E-state index contributed by atoms with van der Waals surface area (Å²) in [5.74, 6) is -1.05. The van der Waals surface area contributed by atoms with Gasteiger partial charge in [0.05, 0.1) is 25.3 Å². The van der Waals surface area contributed by atoms with Crippen molar-refractivity contribution in [2.24, 2.45) is 0 Å². The predicted octanol–water partition coefficient (Wildman–Crippen LogP) is 5.25. The first kappa shape index (κ1) is 24.9. The van der Waals surface area contributed by atoms with E-state index in [-0.39, 0.29) is 18.6 Å². The summed E-state index contributed by atoms with van der Waals surface area (Å²) in [5.41, 5.74) is 0.539. The molecule has 1 aromatic rings. The molecule has 1 aromatic carbocycles. The summed E-state index contributed by atoms with van der Waals surface area (Å²) >= 11 is 6.42. The highest BCUT2D eigenvalue weighted by Crippen LogP contribution is 2.27. The molecule has 4 nitrogen and oxygen atoms in total. The molecular formula is C15H22Br2O4. The molecule has 0 fully saturated rings. The monoisotopic (exact) mass is 424 g/mol. The number of carbonyl (C=O) groups is 2. The fourth-order valence-corrected chi connectivity index (χ4v) is 2.40. The van der Waals surface area contributed by atoms with Crippen molar-refractivity contribution in [2.75, 3.05) is 14.2 Å². The Kier molecular flexibility index (Phi) is 16.4. The fraction of sp³-hybridized carbons (Fsp3) is 0.333. The lowest BCUT2D eigenvalue weighted by atomic mass is 10.1. The molecule has 0 aliphatic rings. The number of methoxy groups -OCH3 is 2. The van der Waals surface area contributed by atoms with Gasteiger partial charge >= 0.3 is 11.9 Å². The van der Waals surface area contributed by atoms with Crippen molar-refractivity contribution in [3.05, 3.63) is 45.4 Å². The Morgan fingerprint density at radius 2 is 1.19 bits per heavy atom. The van der Waals surface area contributed by atoms with Crippen LogP contribution in [0.3, 0.4) is 0 Å². The highest BCUT2D eigenvalue weighted by molar-refractivity contribution is 9.11. The van der Waals surface area contributed by atoms with Gasteiger partial charge in [-0.25, -0.2) is 9.59 Å². The van der Waals surface area contributed by atoms with Crippen LogP contribution in [0.5, 0.6) is 0 Å². The van der Waals surface area contributed by atoms with Gasteiger partial charge in [-0.05, 0) is 44.0 Å². The quantitative estimate of drug-likeness (QED) is 0.479. The summed E-state index contributed by atoms with van der Waals surface area (Å²) in [6, 6.07) is 3.00. The third kappa shape index (κ3) is 7.43. The highest BCUT2D eigenvalue weighted by Gasteiger charge is 2.18. The molecule has 0 aromatic heterocycles. The van der Waals surface area contributed by atoms with E-state index in [2.05, 4.69) is 54.5 Å². The summed E-state index contributed by atoms with van der Waals surface area (Å²) in [6.45, 7) is 10.0. The Hall–Kier alpha value is -1.14. The van der Waals surface area contributed by atoms with Crippen molar-refractivity contribution in [3.63, 3.8) is 0 Å². The van der Waals surface area contributed by atoms with Crippen molar-refractivity contribution >= 4 is 43.8 Å². The van der Waals surface area contributed by atoms with E-state index < -0.39 is 11.9 Å². The predicted molar refractivity (Wildman–Crippen MR) is 93.9 cm³/mol. The van der Waals surface area contributed by atoms with Crippen LogP contribution in [0.4, 0.5) is 0 Å². The Morgan fingerprint density at radius 3 is 1.43 bits per heavy atom. The van der Waals surface area contributed by atoms with E-state index in [4.69, 9.17) is 0 Å². The van der Waals surface area contributed by atoms with Crippen LogP contribution in [-0.4, -0.2) is 26.2 Å². The summed E-state index contributed by atoms with van der Waals surface area (Å²) in [4.78, 5) is 22.8. The molecule has 0 radical (unpaired) electrons. The minimum absolute atomic E-state index is 0. The zero-order valence-corrected chi connectivity index (χ0v) is 15.1. The molecule has 0 atom stereocenters. The maximum absolute atomic E-state index is 11.4. The number of esters is 2. The highest BCUT2D eigenvalue weighted by atomic mass is 79.9. The van der Waals surface area contributed by atoms with Crippen LogP contribution in [0, 0.1) is 0 Å². The average Bonchev–Trinajstić information content (AvgIpc) is 2.50. The maximum Gasteiger partial charge on any atom is 0.339 e. The number of ether oxygens (including phenoxy) is 2. The number of hydrogen-bond acceptors (Lipinski definition) is 4. The van der Waals surface area contributed by atoms with Gasteiger partial charge in [0.1, 0.15) is 0 Å². The van der Waals surface area contributed by atoms with Crippen LogP contribution in [0.2, 0.25) is 0 Å². The van der Waals surface area contributed by atoms with E-state index in [1.54, 1.807) is 6.07 Å². The van der Waals surface area contributed by atoms with E-state index in [0.29, 0.717) is 8.95 Å². The number of rotatable bonds is 2. The normalized spacial score (nSPS) is 7.90. The molecule has 0 saturated carbocycles. The summed E-state index contributed by atoms with van der Waals surface area (Å²) in [5, 5.41) is 0. The number of halogens is 2. The second-order valence-corrected chi connectivity index (χ2v) is 4.50. The first-order valence-electron chi connectivity index (χ1n) is 5.67. The second kappa shape index (κ2) is 13.8. The second-order valence-electron chi connectivity index (χ2n) is 2.80. The number of hydrogen-bond donors (Lipinski definition) is 0. The minimum Gasteiger partial charge on any atom is -0.465 e. The SMILES string of the molecule is C.C=C.CC.COC(=O)c1cc(C(=O)OC)c(Br)cc1Br. The van der Waals surface area contributed by atoms with Crippen LogP contribution >= 0.6 is 31.9 Å². The van der Waals surface area contributed by atoms with Crippen molar-refractivity contribution in [1.29, 1.82) is 0 Å². The molecule has 6 heteroatoms. The lowest BCUT2D eigenvalue weighted by Gasteiger charge is -2.07. The van der Waals surface area contributed by atoms with Crippen molar-refractivity contribution in [1.82, 2.24) is 0 Å². The Labute approximate surface area is 143 Å². The lowest BCUT2D eigenvalue weighted by Crippen LogP contribution is -2.08. The molecule has 120 valence electrons. The van der Waals surface area contributed by atoms with Gasteiger partial charge < -0.3 is 9.47 Å². The smallest absolute Gasteiger partial charge is 0.339 e. The standard InChI is InChI=1S/C10H8Br2O4.C2H6.C2H4.CH4/c1-15-9(13)5-3-6(10(14)16-2)8(12)4-7(5)11;2*1-2;/h3-4H,1-2H3;1-2H3;1-2H2;1H4. The van der Waals surface area contributed by atoms with Gasteiger partial charge in [-0.1, -0.05) is 21.3 Å². The molecule has 0 spiro atoms. The fourth-order valence-electron chi connectivity index (χ4n) is 1.08. The molecule has 0 bridgehead atoms. The Balaban J connectivity index is -0.000000595. The molecule has 0 amide bonds. The van der Waals surface area contributed by atoms with Crippen LogP contribution in [-0.2, 0) is 9.47 Å². The van der Waals surface area contributed by atoms with Crippen LogP contribution in [0.15, 0.2) is 34.2 Å². The largest absolute Gasteiger partial charge is 0.465 e. The van der Waals surface area contributed by atoms with Gasteiger partial charge in [0.15, 0.2) is 0 Å². The Bertz CT molecular complexity index is 422. The Morgan fingerprint density at radius 1 is 0.905 bits per heavy atom. The van der Waals surface area contributed by atoms with Gasteiger partial charge in [0.25, 0.3) is 0 Å². The average molecular weight is 426 g/mol. The molecule has 21 heavy (non-hydrogen) atoms. The summed E-state index contributed by atoms with van der Waals surface area (Å²) in [7, 11) is 2.54. The maximum atomic E-state index is 11.4.